The van der Waals surface area contributed by atoms with Crippen molar-refractivity contribution < 1.29 is 113 Å². The van der Waals surface area contributed by atoms with Crippen molar-refractivity contribution in [2.45, 2.75) is 0 Å². The van der Waals surface area contributed by atoms with Gasteiger partial charge in [-0.25, -0.2) is 0 Å². The Morgan fingerprint density at radius 3 is 0.692 bits per heavy atom. The second-order valence-corrected chi connectivity index (χ2v) is 3.39. The van der Waals surface area contributed by atoms with Crippen molar-refractivity contribution in [2.24, 2.45) is 0 Å². The van der Waals surface area contributed by atoms with Crippen LogP contribution in [0, 0.1) is 0 Å². The zero-order valence-electron chi connectivity index (χ0n) is 12.5. The van der Waals surface area contributed by atoms with Crippen LogP contribution in [0.4, 0.5) is 51.8 Å². The van der Waals surface area contributed by atoms with E-state index in [4.69, 9.17) is 0 Å². The van der Waals surface area contributed by atoms with Crippen LogP contribution in [0.15, 0.2) is 24.3 Å². The normalized spacial score (nSPS) is 10.3. The molecule has 18 heteroatoms. The number of aldehydes is 2. The third-order valence-corrected chi connectivity index (χ3v) is 1.21. The van der Waals surface area contributed by atoms with Crippen LogP contribution in [0.5, 0.6) is 0 Å². The minimum Gasteiger partial charge on any atom is -0.418 e. The van der Waals surface area contributed by atoms with Crippen LogP contribution < -0.4 is 51.4 Å². The Labute approximate surface area is 181 Å². The fourth-order valence-electron chi connectivity index (χ4n) is 0.653. The first-order valence-electron chi connectivity index (χ1n) is 5.49. The average Bonchev–Trinajstić information content (AvgIpc) is 2.33. The van der Waals surface area contributed by atoms with Gasteiger partial charge in [-0.1, -0.05) is 24.3 Å². The van der Waals surface area contributed by atoms with Crippen molar-refractivity contribution in [3.05, 3.63) is 35.4 Å². The minimum atomic E-state index is -6.00. The molecule has 0 unspecified atom stereocenters. The van der Waals surface area contributed by atoms with E-state index < -0.39 is 21.8 Å². The fraction of sp³-hybridized carbons (Fsp3) is 0. The van der Waals surface area contributed by atoms with Gasteiger partial charge in [0.25, 0.3) is 0 Å². The molecule has 0 heterocycles. The monoisotopic (exact) mass is 434 g/mol. The Hall–Kier alpha value is -0.449. The summed E-state index contributed by atoms with van der Waals surface area (Å²) in [5.41, 5.74) is 1.18. The number of benzene rings is 1. The predicted molar refractivity (Wildman–Crippen MR) is 67.8 cm³/mol. The summed E-state index contributed by atoms with van der Waals surface area (Å²) in [7, 11) is -18.0. The van der Waals surface area contributed by atoms with Crippen molar-refractivity contribution in [3.8, 4) is 0 Å². The molecular formula is C8H6B3F12KO2-2. The van der Waals surface area contributed by atoms with Crippen molar-refractivity contribution in [2.75, 3.05) is 0 Å². The van der Waals surface area contributed by atoms with E-state index in [0.29, 0.717) is 11.1 Å². The van der Waals surface area contributed by atoms with E-state index in [2.05, 4.69) is 0 Å². The van der Waals surface area contributed by atoms with Crippen LogP contribution >= 0.6 is 0 Å². The molecule has 0 saturated heterocycles. The Kier molecular flexibility index (Phi) is 19.9. The standard InChI is InChI=1S/C8H6O2.3BF4.K/c9-5-7-1-2-8(6-10)4-3-7;3*2-1(3,4)5;/h1-6H;;;;/q;3*-1;+1. The van der Waals surface area contributed by atoms with Crippen molar-refractivity contribution in [1.29, 1.82) is 0 Å². The van der Waals surface area contributed by atoms with Crippen LogP contribution in [-0.4, -0.2) is 34.3 Å². The average molecular weight is 434 g/mol. The second kappa shape index (κ2) is 15.6. The SMILES string of the molecule is F[B-](F)(F)F.F[B-](F)(F)F.F[B-](F)(F)F.O=Cc1ccc(C=O)cc1.[K+]. The van der Waals surface area contributed by atoms with E-state index in [1.165, 1.54) is 0 Å². The van der Waals surface area contributed by atoms with Gasteiger partial charge in [-0.05, 0) is 0 Å². The molecule has 26 heavy (non-hydrogen) atoms. The van der Waals surface area contributed by atoms with Gasteiger partial charge in [0.05, 0.1) is 0 Å². The molecule has 0 aliphatic heterocycles. The minimum absolute atomic E-state index is 0. The van der Waals surface area contributed by atoms with Crippen LogP contribution in [0.2, 0.25) is 0 Å². The zero-order valence-corrected chi connectivity index (χ0v) is 15.7. The topological polar surface area (TPSA) is 34.1 Å². The van der Waals surface area contributed by atoms with E-state index in [1.807, 2.05) is 0 Å². The Morgan fingerprint density at radius 2 is 0.615 bits per heavy atom. The smallest absolute Gasteiger partial charge is 0.418 e. The molecule has 0 aliphatic rings. The molecule has 0 amide bonds. The fourth-order valence-corrected chi connectivity index (χ4v) is 0.653. The molecular weight excluding hydrogens is 428 g/mol. The van der Waals surface area contributed by atoms with Gasteiger partial charge in [0.1, 0.15) is 12.6 Å². The van der Waals surface area contributed by atoms with E-state index in [0.717, 1.165) is 12.6 Å². The third kappa shape index (κ3) is 65.2. The molecule has 0 aliphatic carbocycles. The first kappa shape index (κ1) is 33.2. The van der Waals surface area contributed by atoms with Crippen molar-refractivity contribution in [3.63, 3.8) is 0 Å². The van der Waals surface area contributed by atoms with Gasteiger partial charge in [0.2, 0.25) is 0 Å². The van der Waals surface area contributed by atoms with E-state index in [9.17, 15) is 61.4 Å². The number of halogens is 12. The zero-order chi connectivity index (χ0) is 20.9. The predicted octanol–water partition coefficient (Wildman–Crippen LogP) is 2.22. The molecule has 0 N–H and O–H groups in total. The summed E-state index contributed by atoms with van der Waals surface area (Å²) in [4.78, 5) is 20.2. The Bertz CT molecular complexity index is 414. The summed E-state index contributed by atoms with van der Waals surface area (Å²) in [5, 5.41) is 0. The van der Waals surface area contributed by atoms with E-state index in [-0.39, 0.29) is 51.4 Å². The number of hydrogen-bond donors (Lipinski definition) is 0. The molecule has 1 aromatic carbocycles. The van der Waals surface area contributed by atoms with Gasteiger partial charge in [0, 0.05) is 11.1 Å². The molecule has 0 radical (unpaired) electrons. The van der Waals surface area contributed by atoms with E-state index >= 15 is 0 Å². The molecule has 0 fully saturated rings. The third-order valence-electron chi connectivity index (χ3n) is 1.21. The van der Waals surface area contributed by atoms with Crippen molar-refractivity contribution >= 4 is 34.3 Å². The Morgan fingerprint density at radius 1 is 0.500 bits per heavy atom. The number of hydrogen-bond acceptors (Lipinski definition) is 2. The molecule has 1 rings (SSSR count). The summed E-state index contributed by atoms with van der Waals surface area (Å²) in [6.07, 6.45) is 1.49. The molecule has 0 bridgehead atoms. The number of carbonyl (C=O) groups excluding carboxylic acids is 2. The first-order valence-corrected chi connectivity index (χ1v) is 5.49. The van der Waals surface area contributed by atoms with E-state index in [1.54, 1.807) is 24.3 Å². The number of carbonyl (C=O) groups is 2. The van der Waals surface area contributed by atoms with Gasteiger partial charge in [-0.15, -0.1) is 0 Å². The summed E-state index contributed by atoms with van der Waals surface area (Å²) in [5.74, 6) is 0. The first-order chi connectivity index (χ1) is 10.9. The summed E-state index contributed by atoms with van der Waals surface area (Å²) >= 11 is 0. The van der Waals surface area contributed by atoms with Crippen LogP contribution in [-0.2, 0) is 0 Å². The van der Waals surface area contributed by atoms with Crippen molar-refractivity contribution in [1.82, 2.24) is 0 Å². The molecule has 2 nitrogen and oxygen atoms in total. The molecule has 0 atom stereocenters. The van der Waals surface area contributed by atoms with Gasteiger partial charge in [-0.3, -0.25) is 9.59 Å². The Balaban J connectivity index is -0.000000132. The summed E-state index contributed by atoms with van der Waals surface area (Å²) in [6.45, 7) is 0. The van der Waals surface area contributed by atoms with Crippen LogP contribution in [0.1, 0.15) is 20.7 Å². The van der Waals surface area contributed by atoms with Crippen LogP contribution in [0.3, 0.4) is 0 Å². The number of rotatable bonds is 2. The molecule has 0 saturated carbocycles. The van der Waals surface area contributed by atoms with Gasteiger partial charge >= 0.3 is 73.1 Å². The van der Waals surface area contributed by atoms with Gasteiger partial charge < -0.3 is 51.8 Å². The molecule has 0 aromatic heterocycles. The molecule has 0 spiro atoms. The molecule has 146 valence electrons. The maximum atomic E-state index is 10.1. The molecule has 1 aromatic rings. The quantitative estimate of drug-likeness (QED) is 0.407. The maximum absolute atomic E-state index is 10.1. The van der Waals surface area contributed by atoms with Gasteiger partial charge in [-0.2, -0.15) is 0 Å². The largest absolute Gasteiger partial charge is 1.00 e. The van der Waals surface area contributed by atoms with Crippen LogP contribution in [0.25, 0.3) is 0 Å². The second-order valence-electron chi connectivity index (χ2n) is 3.39. The summed E-state index contributed by atoms with van der Waals surface area (Å²) in [6, 6.07) is 6.43. The summed E-state index contributed by atoms with van der Waals surface area (Å²) < 4.78 is 117. The maximum Gasteiger partial charge on any atom is 1.00 e. The van der Waals surface area contributed by atoms with Gasteiger partial charge in [0.15, 0.2) is 0 Å².